The lowest BCUT2D eigenvalue weighted by Gasteiger charge is -2.17. The fourth-order valence-corrected chi connectivity index (χ4v) is 3.29. The van der Waals surface area contributed by atoms with Crippen molar-refractivity contribution in [3.05, 3.63) is 28.0 Å². The molecule has 2 rings (SSSR count). The van der Waals surface area contributed by atoms with E-state index < -0.39 is 0 Å². The lowest BCUT2D eigenvalue weighted by Crippen LogP contribution is -2.24. The molecule has 2 heterocycles. The molecule has 0 saturated heterocycles. The third-order valence-electron chi connectivity index (χ3n) is 3.39. The molecule has 0 aliphatic rings. The average Bonchev–Trinajstić information content (AvgIpc) is 3.04. The van der Waals surface area contributed by atoms with E-state index in [-0.39, 0.29) is 6.04 Å². The van der Waals surface area contributed by atoms with Crippen molar-refractivity contribution in [2.75, 3.05) is 6.54 Å². The van der Waals surface area contributed by atoms with Crippen molar-refractivity contribution in [2.45, 2.75) is 53.1 Å². The van der Waals surface area contributed by atoms with Gasteiger partial charge in [0.1, 0.15) is 0 Å². The second-order valence-corrected chi connectivity index (χ2v) is 5.63. The molecule has 1 unspecified atom stereocenters. The molecule has 6 heteroatoms. The Morgan fingerprint density at radius 1 is 1.35 bits per heavy atom. The maximum Gasteiger partial charge on any atom is 0.0801 e. The molecular formula is C14H23N5S. The number of nitrogens with one attached hydrogen (secondary N) is 1. The van der Waals surface area contributed by atoms with Gasteiger partial charge in [-0.05, 0) is 44.4 Å². The smallest absolute Gasteiger partial charge is 0.0801 e. The standard InChI is InChI=1S/C14H23N5S/c1-5-12-14(20-18-16-12)13(15-6-2)9-11-8-10(4)17-19(11)7-3/h8,13,15H,5-7,9H2,1-4H3. The molecular weight excluding hydrogens is 270 g/mol. The van der Waals surface area contributed by atoms with Crippen molar-refractivity contribution < 1.29 is 0 Å². The number of aryl methyl sites for hydroxylation is 3. The molecule has 0 bridgehead atoms. The van der Waals surface area contributed by atoms with Crippen LogP contribution in [0, 0.1) is 6.92 Å². The van der Waals surface area contributed by atoms with E-state index in [9.17, 15) is 0 Å². The van der Waals surface area contributed by atoms with Gasteiger partial charge in [0.05, 0.1) is 22.3 Å². The Morgan fingerprint density at radius 2 is 2.15 bits per heavy atom. The molecule has 0 radical (unpaired) electrons. The fraction of sp³-hybridized carbons (Fsp3) is 0.643. The highest BCUT2D eigenvalue weighted by Gasteiger charge is 2.20. The molecule has 2 aromatic rings. The summed E-state index contributed by atoms with van der Waals surface area (Å²) in [5, 5.41) is 12.3. The highest BCUT2D eigenvalue weighted by molar-refractivity contribution is 7.05. The van der Waals surface area contributed by atoms with Gasteiger partial charge in [0.15, 0.2) is 0 Å². The van der Waals surface area contributed by atoms with E-state index >= 15 is 0 Å². The minimum Gasteiger partial charge on any atom is -0.309 e. The molecule has 0 saturated carbocycles. The van der Waals surface area contributed by atoms with Gasteiger partial charge in [-0.15, -0.1) is 5.10 Å². The number of nitrogens with zero attached hydrogens (tertiary/aromatic N) is 4. The van der Waals surface area contributed by atoms with Gasteiger partial charge in [0.25, 0.3) is 0 Å². The number of rotatable bonds is 7. The van der Waals surface area contributed by atoms with Gasteiger partial charge in [-0.1, -0.05) is 18.3 Å². The summed E-state index contributed by atoms with van der Waals surface area (Å²) >= 11 is 1.51. The highest BCUT2D eigenvalue weighted by atomic mass is 32.1. The lowest BCUT2D eigenvalue weighted by atomic mass is 10.1. The number of hydrogen-bond donors (Lipinski definition) is 1. The van der Waals surface area contributed by atoms with Gasteiger partial charge in [-0.25, -0.2) is 0 Å². The van der Waals surface area contributed by atoms with Crippen LogP contribution in [0.15, 0.2) is 6.07 Å². The minimum atomic E-state index is 0.274. The first-order valence-corrected chi connectivity index (χ1v) is 8.04. The number of hydrogen-bond acceptors (Lipinski definition) is 5. The van der Waals surface area contributed by atoms with E-state index in [0.29, 0.717) is 0 Å². The zero-order chi connectivity index (χ0) is 14.5. The normalized spacial score (nSPS) is 12.8. The molecule has 20 heavy (non-hydrogen) atoms. The Balaban J connectivity index is 2.25. The second kappa shape index (κ2) is 6.95. The molecule has 0 aromatic carbocycles. The van der Waals surface area contributed by atoms with E-state index in [1.54, 1.807) is 0 Å². The summed E-state index contributed by atoms with van der Waals surface area (Å²) < 4.78 is 6.20. The Hall–Kier alpha value is -1.27. The van der Waals surface area contributed by atoms with Gasteiger partial charge in [0, 0.05) is 18.7 Å². The summed E-state index contributed by atoms with van der Waals surface area (Å²) in [4.78, 5) is 1.26. The first kappa shape index (κ1) is 15.1. The largest absolute Gasteiger partial charge is 0.309 e. The van der Waals surface area contributed by atoms with E-state index in [0.717, 1.165) is 37.3 Å². The second-order valence-electron chi connectivity index (χ2n) is 4.84. The van der Waals surface area contributed by atoms with Gasteiger partial charge in [-0.2, -0.15) is 5.10 Å². The Morgan fingerprint density at radius 3 is 2.80 bits per heavy atom. The zero-order valence-corrected chi connectivity index (χ0v) is 13.5. The van der Waals surface area contributed by atoms with Crippen LogP contribution in [0.2, 0.25) is 0 Å². The van der Waals surface area contributed by atoms with Crippen LogP contribution < -0.4 is 5.32 Å². The molecule has 1 N–H and O–H groups in total. The first-order valence-electron chi connectivity index (χ1n) is 7.27. The van der Waals surface area contributed by atoms with Crippen molar-refractivity contribution in [3.8, 4) is 0 Å². The fourth-order valence-electron chi connectivity index (χ4n) is 2.48. The van der Waals surface area contributed by atoms with Crippen molar-refractivity contribution in [1.82, 2.24) is 24.7 Å². The summed E-state index contributed by atoms with van der Waals surface area (Å²) in [6.07, 6.45) is 1.86. The number of aromatic nitrogens is 4. The third kappa shape index (κ3) is 3.24. The third-order valence-corrected chi connectivity index (χ3v) is 4.27. The predicted molar refractivity (Wildman–Crippen MR) is 82.0 cm³/mol. The van der Waals surface area contributed by atoms with Crippen LogP contribution >= 0.6 is 11.5 Å². The van der Waals surface area contributed by atoms with E-state index in [4.69, 9.17) is 0 Å². The molecule has 110 valence electrons. The van der Waals surface area contributed by atoms with E-state index in [1.165, 1.54) is 22.1 Å². The topological polar surface area (TPSA) is 55.6 Å². The molecule has 0 aliphatic heterocycles. The van der Waals surface area contributed by atoms with Crippen molar-refractivity contribution >= 4 is 11.5 Å². The van der Waals surface area contributed by atoms with Crippen LogP contribution in [0.3, 0.4) is 0 Å². The maximum atomic E-state index is 4.53. The zero-order valence-electron chi connectivity index (χ0n) is 12.7. The van der Waals surface area contributed by atoms with E-state index in [2.05, 4.69) is 51.5 Å². The van der Waals surface area contributed by atoms with Crippen LogP contribution in [0.4, 0.5) is 0 Å². The van der Waals surface area contributed by atoms with Crippen LogP contribution in [0.1, 0.15) is 48.8 Å². The van der Waals surface area contributed by atoms with E-state index in [1.807, 2.05) is 6.92 Å². The summed E-state index contributed by atoms with van der Waals surface area (Å²) in [5.74, 6) is 0. The van der Waals surface area contributed by atoms with Crippen molar-refractivity contribution in [1.29, 1.82) is 0 Å². The Labute approximate surface area is 124 Å². The molecule has 0 aliphatic carbocycles. The Kier molecular flexibility index (Phi) is 5.25. The summed E-state index contributed by atoms with van der Waals surface area (Å²) in [7, 11) is 0. The van der Waals surface area contributed by atoms with Crippen LogP contribution in [-0.2, 0) is 19.4 Å². The monoisotopic (exact) mass is 293 g/mol. The molecule has 5 nitrogen and oxygen atoms in total. The molecule has 0 spiro atoms. The van der Waals surface area contributed by atoms with Gasteiger partial charge in [-0.3, -0.25) is 4.68 Å². The molecule has 1 atom stereocenters. The summed E-state index contributed by atoms with van der Waals surface area (Å²) in [5.41, 5.74) is 3.46. The SMILES string of the molecule is CCNC(Cc1cc(C)nn1CC)c1snnc1CC. The Bertz CT molecular complexity index is 546. The summed E-state index contributed by atoms with van der Waals surface area (Å²) in [6.45, 7) is 10.3. The van der Waals surface area contributed by atoms with Gasteiger partial charge in [0.2, 0.25) is 0 Å². The quantitative estimate of drug-likeness (QED) is 0.852. The lowest BCUT2D eigenvalue weighted by molar-refractivity contribution is 0.518. The first-order chi connectivity index (χ1) is 9.69. The highest BCUT2D eigenvalue weighted by Crippen LogP contribution is 2.25. The minimum absolute atomic E-state index is 0.274. The molecule has 0 fully saturated rings. The average molecular weight is 293 g/mol. The van der Waals surface area contributed by atoms with Crippen molar-refractivity contribution in [2.24, 2.45) is 0 Å². The summed E-state index contributed by atoms with van der Waals surface area (Å²) in [6, 6.07) is 2.45. The maximum absolute atomic E-state index is 4.53. The van der Waals surface area contributed by atoms with Crippen LogP contribution in [-0.4, -0.2) is 25.9 Å². The van der Waals surface area contributed by atoms with Gasteiger partial charge >= 0.3 is 0 Å². The van der Waals surface area contributed by atoms with Crippen LogP contribution in [0.5, 0.6) is 0 Å². The molecule has 0 amide bonds. The van der Waals surface area contributed by atoms with Crippen molar-refractivity contribution in [3.63, 3.8) is 0 Å². The van der Waals surface area contributed by atoms with Crippen LogP contribution in [0.25, 0.3) is 0 Å². The predicted octanol–water partition coefficient (Wildman–Crippen LogP) is 2.52. The molecule has 2 aromatic heterocycles. The van der Waals surface area contributed by atoms with Gasteiger partial charge < -0.3 is 5.32 Å². The number of likely N-dealkylation sites (N-methyl/N-ethyl adjacent to an activating group) is 1.